The Kier molecular flexibility index (Phi) is 6.52. The Morgan fingerprint density at radius 2 is 1.58 bits per heavy atom. The zero-order valence-corrected chi connectivity index (χ0v) is 16.6. The largest absolute Gasteiger partial charge is 0.493 e. The molecule has 0 saturated carbocycles. The number of amides is 2. The number of benzene rings is 2. The topological polar surface area (TPSA) is 72.6 Å². The molecule has 1 aliphatic heterocycles. The van der Waals surface area contributed by atoms with Crippen molar-refractivity contribution < 1.29 is 31.9 Å². The summed E-state index contributed by atoms with van der Waals surface area (Å²) >= 11 is 0. The first kappa shape index (κ1) is 22.6. The van der Waals surface area contributed by atoms with Crippen molar-refractivity contribution in [1.82, 2.24) is 4.90 Å². The molecule has 0 spiro atoms. The molecule has 31 heavy (non-hydrogen) atoms. The van der Waals surface area contributed by atoms with Crippen LogP contribution in [0.4, 0.5) is 17.6 Å². The first-order valence-corrected chi connectivity index (χ1v) is 9.71. The number of rotatable bonds is 6. The average molecular weight is 438 g/mol. The van der Waals surface area contributed by atoms with Gasteiger partial charge >= 0.3 is 6.18 Å². The second-order valence-corrected chi connectivity index (χ2v) is 7.75. The van der Waals surface area contributed by atoms with Crippen molar-refractivity contribution in [2.45, 2.75) is 25.4 Å². The maximum atomic E-state index is 13.1. The molecule has 3 rings (SSSR count). The smallest absolute Gasteiger partial charge is 0.416 e. The normalized spacial score (nSPS) is 16.1. The standard InChI is InChI=1S/C22H22F4N2O3/c23-17-5-7-18(8-6-17)31-14-21(13-19(27)29)9-11-28(12-10-21)20(30)15-1-3-16(4-2-15)22(24,25)26/h1-8H,9-14H2,(H2,27,29). The summed E-state index contributed by atoms with van der Waals surface area (Å²) in [5.41, 5.74) is 4.18. The number of piperidine rings is 1. The molecular formula is C22H22F4N2O3. The van der Waals surface area contributed by atoms with Crippen LogP contribution in [-0.2, 0) is 11.0 Å². The Balaban J connectivity index is 1.65. The van der Waals surface area contributed by atoms with Gasteiger partial charge in [-0.25, -0.2) is 4.39 Å². The molecule has 1 saturated heterocycles. The highest BCUT2D eigenvalue weighted by Crippen LogP contribution is 2.36. The minimum Gasteiger partial charge on any atom is -0.493 e. The van der Waals surface area contributed by atoms with Gasteiger partial charge in [0.05, 0.1) is 12.2 Å². The van der Waals surface area contributed by atoms with Gasteiger partial charge in [0.1, 0.15) is 11.6 Å². The molecule has 9 heteroatoms. The van der Waals surface area contributed by atoms with Crippen molar-refractivity contribution in [3.05, 3.63) is 65.5 Å². The predicted molar refractivity (Wildman–Crippen MR) is 105 cm³/mol. The van der Waals surface area contributed by atoms with Crippen LogP contribution in [0.1, 0.15) is 35.2 Å². The summed E-state index contributed by atoms with van der Waals surface area (Å²) < 4.78 is 57.0. The highest BCUT2D eigenvalue weighted by Gasteiger charge is 2.38. The van der Waals surface area contributed by atoms with Gasteiger partial charge in [-0.2, -0.15) is 13.2 Å². The van der Waals surface area contributed by atoms with Gasteiger partial charge < -0.3 is 15.4 Å². The first-order valence-electron chi connectivity index (χ1n) is 9.71. The molecule has 2 aromatic rings. The number of hydrogen-bond acceptors (Lipinski definition) is 3. The molecule has 0 bridgehead atoms. The molecule has 0 aliphatic carbocycles. The molecular weight excluding hydrogens is 416 g/mol. The fraction of sp³-hybridized carbons (Fsp3) is 0.364. The highest BCUT2D eigenvalue weighted by atomic mass is 19.4. The number of nitrogens with two attached hydrogens (primary N) is 1. The van der Waals surface area contributed by atoms with Crippen LogP contribution < -0.4 is 10.5 Å². The molecule has 2 N–H and O–H groups in total. The van der Waals surface area contributed by atoms with Gasteiger partial charge in [-0.05, 0) is 61.4 Å². The van der Waals surface area contributed by atoms with Gasteiger partial charge in [-0.15, -0.1) is 0 Å². The van der Waals surface area contributed by atoms with Crippen LogP contribution in [0, 0.1) is 11.2 Å². The van der Waals surface area contributed by atoms with Crippen molar-refractivity contribution >= 4 is 11.8 Å². The molecule has 0 radical (unpaired) electrons. The van der Waals surface area contributed by atoms with Crippen LogP contribution in [0.2, 0.25) is 0 Å². The van der Waals surface area contributed by atoms with Crippen LogP contribution >= 0.6 is 0 Å². The molecule has 1 heterocycles. The van der Waals surface area contributed by atoms with E-state index < -0.39 is 28.9 Å². The Morgan fingerprint density at radius 3 is 2.10 bits per heavy atom. The predicted octanol–water partition coefficient (Wildman–Crippen LogP) is 4.02. The average Bonchev–Trinajstić information content (AvgIpc) is 2.72. The van der Waals surface area contributed by atoms with Crippen molar-refractivity contribution in [2.75, 3.05) is 19.7 Å². The van der Waals surface area contributed by atoms with Crippen molar-refractivity contribution in [1.29, 1.82) is 0 Å². The van der Waals surface area contributed by atoms with E-state index in [4.69, 9.17) is 10.5 Å². The Hall–Kier alpha value is -3.10. The lowest BCUT2D eigenvalue weighted by atomic mass is 9.76. The van der Waals surface area contributed by atoms with Crippen LogP contribution in [0.3, 0.4) is 0 Å². The third-order valence-corrected chi connectivity index (χ3v) is 5.48. The van der Waals surface area contributed by atoms with Crippen LogP contribution in [-0.4, -0.2) is 36.4 Å². The lowest BCUT2D eigenvalue weighted by Crippen LogP contribution is -2.47. The second kappa shape index (κ2) is 8.95. The van der Waals surface area contributed by atoms with Gasteiger partial charge in [0.25, 0.3) is 5.91 Å². The molecule has 1 aliphatic rings. The van der Waals surface area contributed by atoms with E-state index in [0.717, 1.165) is 24.3 Å². The number of nitrogens with zero attached hydrogens (tertiary/aromatic N) is 1. The molecule has 166 valence electrons. The summed E-state index contributed by atoms with van der Waals surface area (Å²) in [4.78, 5) is 25.9. The monoisotopic (exact) mass is 438 g/mol. The molecule has 0 unspecified atom stereocenters. The van der Waals surface area contributed by atoms with E-state index in [1.807, 2.05) is 0 Å². The van der Waals surface area contributed by atoms with Crippen LogP contribution in [0.25, 0.3) is 0 Å². The van der Waals surface area contributed by atoms with Crippen molar-refractivity contribution in [2.24, 2.45) is 11.1 Å². The third-order valence-electron chi connectivity index (χ3n) is 5.48. The quantitative estimate of drug-likeness (QED) is 0.693. The SMILES string of the molecule is NC(=O)CC1(COc2ccc(F)cc2)CCN(C(=O)c2ccc(C(F)(F)F)cc2)CC1. The number of primary amides is 1. The minimum absolute atomic E-state index is 0.0660. The van der Waals surface area contributed by atoms with E-state index in [2.05, 4.69) is 0 Å². The van der Waals surface area contributed by atoms with E-state index in [1.54, 1.807) is 4.90 Å². The van der Waals surface area contributed by atoms with E-state index >= 15 is 0 Å². The highest BCUT2D eigenvalue weighted by molar-refractivity contribution is 5.94. The number of hydrogen-bond donors (Lipinski definition) is 1. The number of alkyl halides is 3. The summed E-state index contributed by atoms with van der Waals surface area (Å²) in [7, 11) is 0. The van der Waals surface area contributed by atoms with Gasteiger partial charge in [-0.3, -0.25) is 9.59 Å². The maximum absolute atomic E-state index is 13.1. The number of halogens is 4. The van der Waals surface area contributed by atoms with Gasteiger partial charge in [0, 0.05) is 30.5 Å². The van der Waals surface area contributed by atoms with Gasteiger partial charge in [0.15, 0.2) is 0 Å². The molecule has 1 fully saturated rings. The summed E-state index contributed by atoms with van der Waals surface area (Å²) in [5, 5.41) is 0. The zero-order valence-electron chi connectivity index (χ0n) is 16.6. The maximum Gasteiger partial charge on any atom is 0.416 e. The van der Waals surface area contributed by atoms with E-state index in [9.17, 15) is 27.2 Å². The van der Waals surface area contributed by atoms with Crippen LogP contribution in [0.15, 0.2) is 48.5 Å². The molecule has 2 amide bonds. The zero-order chi connectivity index (χ0) is 22.6. The fourth-order valence-electron chi connectivity index (χ4n) is 3.68. The van der Waals surface area contributed by atoms with Crippen molar-refractivity contribution in [3.8, 4) is 5.75 Å². The molecule has 2 aromatic carbocycles. The summed E-state index contributed by atoms with van der Waals surface area (Å²) in [6.45, 7) is 0.781. The number of ether oxygens (including phenoxy) is 1. The summed E-state index contributed by atoms with van der Waals surface area (Å²) in [5.74, 6) is -0.811. The number of likely N-dealkylation sites (tertiary alicyclic amines) is 1. The lowest BCUT2D eigenvalue weighted by molar-refractivity contribution is -0.137. The first-order chi connectivity index (χ1) is 14.6. The van der Waals surface area contributed by atoms with E-state index in [-0.39, 0.29) is 24.5 Å². The lowest BCUT2D eigenvalue weighted by Gasteiger charge is -2.41. The van der Waals surface area contributed by atoms with Gasteiger partial charge in [-0.1, -0.05) is 0 Å². The Morgan fingerprint density at radius 1 is 1.00 bits per heavy atom. The molecule has 5 nitrogen and oxygen atoms in total. The molecule has 0 aromatic heterocycles. The van der Waals surface area contributed by atoms with E-state index in [0.29, 0.717) is 31.7 Å². The van der Waals surface area contributed by atoms with Crippen LogP contribution in [0.5, 0.6) is 5.75 Å². The third kappa shape index (κ3) is 5.74. The fourth-order valence-corrected chi connectivity index (χ4v) is 3.68. The second-order valence-electron chi connectivity index (χ2n) is 7.75. The molecule has 0 atom stereocenters. The van der Waals surface area contributed by atoms with Crippen molar-refractivity contribution in [3.63, 3.8) is 0 Å². The number of carbonyl (C=O) groups is 2. The Bertz CT molecular complexity index is 919. The summed E-state index contributed by atoms with van der Waals surface area (Å²) in [6.07, 6.45) is -3.53. The van der Waals surface area contributed by atoms with E-state index in [1.165, 1.54) is 24.3 Å². The Labute approximate surface area is 176 Å². The number of carbonyl (C=O) groups excluding carboxylic acids is 2. The van der Waals surface area contributed by atoms with Gasteiger partial charge in [0.2, 0.25) is 5.91 Å². The minimum atomic E-state index is -4.47. The summed E-state index contributed by atoms with van der Waals surface area (Å²) in [6, 6.07) is 9.58.